The fraction of sp³-hybridized carbons (Fsp3) is 0.500. The number of hydrogen-bond donors (Lipinski definition) is 1. The van der Waals surface area contributed by atoms with Crippen LogP contribution < -0.4 is 5.32 Å². The highest BCUT2D eigenvalue weighted by molar-refractivity contribution is 6.35. The van der Waals surface area contributed by atoms with Crippen LogP contribution in [0.2, 0.25) is 0 Å². The monoisotopic (exact) mass is 276 g/mol. The summed E-state index contributed by atoms with van der Waals surface area (Å²) in [6.45, 7) is 10.5. The molecular formula is C16H24N2O2. The molecule has 0 aliphatic carbocycles. The van der Waals surface area contributed by atoms with Crippen LogP contribution in [0.5, 0.6) is 0 Å². The SMILES string of the molecule is CCN(C(=O)C(=O)NCc1ccc(C)cc1)C(C)(C)C. The van der Waals surface area contributed by atoms with E-state index in [0.29, 0.717) is 13.1 Å². The number of nitrogens with one attached hydrogen (secondary N) is 1. The van der Waals surface area contributed by atoms with Gasteiger partial charge in [-0.1, -0.05) is 29.8 Å². The van der Waals surface area contributed by atoms with Crippen LogP contribution in [0, 0.1) is 6.92 Å². The van der Waals surface area contributed by atoms with Gasteiger partial charge in [0.15, 0.2) is 0 Å². The minimum atomic E-state index is -0.553. The maximum absolute atomic E-state index is 12.1. The van der Waals surface area contributed by atoms with Crippen LogP contribution in [0.4, 0.5) is 0 Å². The van der Waals surface area contributed by atoms with Crippen molar-refractivity contribution >= 4 is 11.8 Å². The van der Waals surface area contributed by atoms with Gasteiger partial charge >= 0.3 is 11.8 Å². The molecule has 1 aromatic carbocycles. The maximum atomic E-state index is 12.1. The average molecular weight is 276 g/mol. The Bertz CT molecular complexity index is 472. The van der Waals surface area contributed by atoms with Gasteiger partial charge in [0.2, 0.25) is 0 Å². The van der Waals surface area contributed by atoms with Crippen LogP contribution in [0.1, 0.15) is 38.8 Å². The normalized spacial score (nSPS) is 11.1. The molecule has 2 amide bonds. The van der Waals surface area contributed by atoms with Gasteiger partial charge in [0.05, 0.1) is 0 Å². The van der Waals surface area contributed by atoms with Gasteiger partial charge in [-0.05, 0) is 40.2 Å². The van der Waals surface area contributed by atoms with Crippen molar-refractivity contribution in [3.8, 4) is 0 Å². The number of carbonyl (C=O) groups excluding carboxylic acids is 2. The molecule has 1 N–H and O–H groups in total. The standard InChI is InChI=1S/C16H24N2O2/c1-6-18(16(3,4)5)15(20)14(19)17-11-13-9-7-12(2)8-10-13/h7-10H,6,11H2,1-5H3,(H,17,19). The Balaban J connectivity index is 2.62. The van der Waals surface area contributed by atoms with E-state index in [1.807, 2.05) is 58.9 Å². The predicted molar refractivity (Wildman–Crippen MR) is 80.2 cm³/mol. The molecule has 0 unspecified atom stereocenters. The van der Waals surface area contributed by atoms with E-state index in [2.05, 4.69) is 5.32 Å². The van der Waals surface area contributed by atoms with Gasteiger partial charge in [0.25, 0.3) is 0 Å². The molecular weight excluding hydrogens is 252 g/mol. The highest BCUT2D eigenvalue weighted by atomic mass is 16.2. The largest absolute Gasteiger partial charge is 0.344 e. The summed E-state index contributed by atoms with van der Waals surface area (Å²) in [7, 11) is 0. The van der Waals surface area contributed by atoms with E-state index in [1.165, 1.54) is 5.56 Å². The molecule has 0 saturated carbocycles. The Hall–Kier alpha value is -1.84. The van der Waals surface area contributed by atoms with Crippen molar-refractivity contribution in [3.05, 3.63) is 35.4 Å². The smallest absolute Gasteiger partial charge is 0.312 e. The zero-order chi connectivity index (χ0) is 15.3. The number of rotatable bonds is 3. The minimum absolute atomic E-state index is 0.354. The lowest BCUT2D eigenvalue weighted by molar-refractivity contribution is -0.149. The molecule has 0 aliphatic rings. The maximum Gasteiger partial charge on any atom is 0.312 e. The van der Waals surface area contributed by atoms with Crippen LogP contribution in [-0.2, 0) is 16.1 Å². The lowest BCUT2D eigenvalue weighted by Crippen LogP contribution is -2.51. The van der Waals surface area contributed by atoms with Crippen molar-refractivity contribution in [2.24, 2.45) is 0 Å². The third-order valence-corrected chi connectivity index (χ3v) is 3.14. The molecule has 0 saturated heterocycles. The first-order valence-electron chi connectivity index (χ1n) is 6.91. The van der Waals surface area contributed by atoms with Crippen molar-refractivity contribution in [2.45, 2.75) is 46.7 Å². The van der Waals surface area contributed by atoms with Crippen molar-refractivity contribution in [2.75, 3.05) is 6.54 Å². The molecule has 110 valence electrons. The second kappa shape index (κ2) is 6.55. The number of amides is 2. The second-order valence-corrected chi connectivity index (χ2v) is 5.89. The Morgan fingerprint density at radius 1 is 1.15 bits per heavy atom. The summed E-state index contributed by atoms with van der Waals surface area (Å²) in [5.41, 5.74) is 1.80. The fourth-order valence-corrected chi connectivity index (χ4v) is 2.01. The molecule has 1 aromatic rings. The zero-order valence-corrected chi connectivity index (χ0v) is 13.0. The first-order chi connectivity index (χ1) is 9.25. The van der Waals surface area contributed by atoms with Crippen molar-refractivity contribution < 1.29 is 9.59 Å². The molecule has 0 radical (unpaired) electrons. The van der Waals surface area contributed by atoms with E-state index in [0.717, 1.165) is 5.56 Å². The first kappa shape index (κ1) is 16.2. The Labute approximate surface area is 121 Å². The fourth-order valence-electron chi connectivity index (χ4n) is 2.01. The number of aryl methyl sites for hydroxylation is 1. The Morgan fingerprint density at radius 3 is 2.15 bits per heavy atom. The lowest BCUT2D eigenvalue weighted by atomic mass is 10.1. The average Bonchev–Trinajstić information content (AvgIpc) is 2.36. The summed E-state index contributed by atoms with van der Waals surface area (Å²) in [4.78, 5) is 25.6. The Kier molecular flexibility index (Phi) is 5.31. The van der Waals surface area contributed by atoms with Gasteiger partial charge in [-0.15, -0.1) is 0 Å². The number of carbonyl (C=O) groups is 2. The topological polar surface area (TPSA) is 49.4 Å². The van der Waals surface area contributed by atoms with E-state index < -0.39 is 11.8 Å². The second-order valence-electron chi connectivity index (χ2n) is 5.89. The quantitative estimate of drug-likeness (QED) is 0.861. The Morgan fingerprint density at radius 2 is 1.70 bits per heavy atom. The lowest BCUT2D eigenvalue weighted by Gasteiger charge is -2.34. The summed E-state index contributed by atoms with van der Waals surface area (Å²) >= 11 is 0. The van der Waals surface area contributed by atoms with Gasteiger partial charge in [0, 0.05) is 18.6 Å². The molecule has 0 aromatic heterocycles. The van der Waals surface area contributed by atoms with E-state index in [4.69, 9.17) is 0 Å². The van der Waals surface area contributed by atoms with Crippen molar-refractivity contribution in [3.63, 3.8) is 0 Å². The molecule has 0 heterocycles. The van der Waals surface area contributed by atoms with E-state index in [9.17, 15) is 9.59 Å². The van der Waals surface area contributed by atoms with E-state index >= 15 is 0 Å². The molecule has 0 bridgehead atoms. The van der Waals surface area contributed by atoms with E-state index in [-0.39, 0.29) is 5.54 Å². The number of benzene rings is 1. The van der Waals surface area contributed by atoms with Crippen LogP contribution in [0.15, 0.2) is 24.3 Å². The third-order valence-electron chi connectivity index (χ3n) is 3.14. The highest BCUT2D eigenvalue weighted by Gasteiger charge is 2.29. The van der Waals surface area contributed by atoms with Crippen LogP contribution in [-0.4, -0.2) is 28.8 Å². The summed E-state index contributed by atoms with van der Waals surface area (Å²) in [6, 6.07) is 7.86. The first-order valence-corrected chi connectivity index (χ1v) is 6.91. The van der Waals surface area contributed by atoms with Crippen molar-refractivity contribution in [1.29, 1.82) is 0 Å². The molecule has 20 heavy (non-hydrogen) atoms. The van der Waals surface area contributed by atoms with Crippen LogP contribution in [0.3, 0.4) is 0 Å². The molecule has 0 atom stereocenters. The molecule has 4 nitrogen and oxygen atoms in total. The molecule has 0 spiro atoms. The number of hydrogen-bond acceptors (Lipinski definition) is 2. The molecule has 0 aliphatic heterocycles. The number of likely N-dealkylation sites (N-methyl/N-ethyl adjacent to an activating group) is 1. The van der Waals surface area contributed by atoms with Gasteiger partial charge < -0.3 is 10.2 Å². The summed E-state index contributed by atoms with van der Waals surface area (Å²) in [5.74, 6) is -1.03. The van der Waals surface area contributed by atoms with E-state index in [1.54, 1.807) is 4.90 Å². The minimum Gasteiger partial charge on any atom is -0.344 e. The highest BCUT2D eigenvalue weighted by Crippen LogP contribution is 2.13. The molecule has 1 rings (SSSR count). The molecule has 0 fully saturated rings. The third kappa shape index (κ3) is 4.37. The van der Waals surface area contributed by atoms with Gasteiger partial charge in [0.1, 0.15) is 0 Å². The van der Waals surface area contributed by atoms with Crippen LogP contribution in [0.25, 0.3) is 0 Å². The van der Waals surface area contributed by atoms with Gasteiger partial charge in [-0.3, -0.25) is 9.59 Å². The number of nitrogens with zero attached hydrogens (tertiary/aromatic N) is 1. The summed E-state index contributed by atoms with van der Waals surface area (Å²) < 4.78 is 0. The zero-order valence-electron chi connectivity index (χ0n) is 13.0. The van der Waals surface area contributed by atoms with Crippen LogP contribution >= 0.6 is 0 Å². The van der Waals surface area contributed by atoms with Gasteiger partial charge in [-0.2, -0.15) is 0 Å². The predicted octanol–water partition coefficient (Wildman–Crippen LogP) is 2.26. The molecule has 4 heteroatoms. The van der Waals surface area contributed by atoms with Gasteiger partial charge in [-0.25, -0.2) is 0 Å². The summed E-state index contributed by atoms with van der Waals surface area (Å²) in [5, 5.41) is 2.67. The summed E-state index contributed by atoms with van der Waals surface area (Å²) in [6.07, 6.45) is 0. The van der Waals surface area contributed by atoms with Crippen molar-refractivity contribution in [1.82, 2.24) is 10.2 Å².